The molecule has 8 rings (SSSR count). The van der Waals surface area contributed by atoms with E-state index in [-0.39, 0.29) is 164 Å². The standard InChI is InChI=1S/C34H57NO5.C34H55NO3.2Li.2HNO3.4H2N.H2O.2Pt/c1-23(2)8-7-9-24(3)28-12-13-29-27-11-10-25-20-26(14-16-33(25,4)30(27)15-17-34(28,29)5)40-19-18-35(6,21-31(36)37)22-32(38)39;1-24(2)8-7-9-25(3)30-12-13-31-29-11-10-27-22-28(38-21-19-35(18-20-36)23-26(4)37)14-16-33(27,5)32(29)15-17-34(30,31)6;;;2*2-1(3)4;;;;;;;/h10,23-24,26-30H,7-9,11-22H2,1-6H3,(H-,36,37,38,39);10,24-25,28-32H,4,7-9,11-19,21-23H2,1-3,5-6H3;;;2*(H,2,3,4);5*1H2;;/q;-2;2*+1;;;4*-1;;2*+2/p-1/t24-,26+,27?,28-,29?,30?,33+,34-;25-,28+,29?,30-,31?,32?,33+,34-;;;;;;;;;;;/m11.........../s1. The van der Waals surface area contributed by atoms with Crippen LogP contribution >= 0.6 is 0 Å². The Labute approximate surface area is 623 Å². The second-order valence-corrected chi connectivity index (χ2v) is 30.3. The van der Waals surface area contributed by atoms with E-state index in [9.17, 15) is 29.4 Å². The maximum atomic E-state index is 11.4. The maximum Gasteiger partial charge on any atom is 2.00 e. The fourth-order valence-electron chi connectivity index (χ4n) is 19.8. The smallest absolute Gasteiger partial charge is 0.870 e. The fraction of sp³-hybridized carbons (Fsp3) is 0.868. The Hall–Kier alpha value is -1.76. The monoisotopic (exact) mass is 1700 g/mol. The molecule has 8 aliphatic rings. The number of allylic oxidation sites excluding steroid dienone is 2. The SMILES string of the molecule is CC(C)CCC[C@@H](C)[C@H]1CCC2C3CC=C4C[C@@H](OCC[N+](C)(CC(=O)[O-])CC(=O)O)CC[C@]4(C)C3CC[C@@]21C.O=[N+]([O-])O.O=[N+]([O-])O.[CH2-]C(=O)CN(C[C-]=O)CCO[C@H]1CC[C@@]2(C)C(=CCC3C2CC[C@@]2(C)C3CC[C@@H]2[C@H](C)CCCC(C)C)C1.[Li+].[Li+].[NH2-].[NH2-].[NH2-].[NH2-].[OH-].[Pt+2].[Pt+2]. The van der Waals surface area contributed by atoms with Crippen LogP contribution in [0.15, 0.2) is 23.3 Å². The molecule has 6 saturated carbocycles. The summed E-state index contributed by atoms with van der Waals surface area (Å²) in [5, 5.41) is 47.7. The third-order valence-corrected chi connectivity index (χ3v) is 24.0. The average Bonchev–Trinajstić information content (AvgIpc) is 1.70. The number of nitrogens with zero attached hydrogens (tertiary/aromatic N) is 4. The molecule has 0 aromatic rings. The topological polar surface area (TPSA) is 424 Å². The molecule has 27 heteroatoms. The number of ketones is 1. The van der Waals surface area contributed by atoms with Gasteiger partial charge in [-0.3, -0.25) is 0 Å². The van der Waals surface area contributed by atoms with Crippen LogP contribution in [0.1, 0.15) is 210 Å². The van der Waals surface area contributed by atoms with Crippen molar-refractivity contribution in [1.29, 1.82) is 0 Å². The molecule has 0 aromatic heterocycles. The van der Waals surface area contributed by atoms with Gasteiger partial charge in [0.15, 0.2) is 6.54 Å². The van der Waals surface area contributed by atoms with Crippen molar-refractivity contribution in [2.75, 3.05) is 59.5 Å². The van der Waals surface area contributed by atoms with E-state index in [0.717, 1.165) is 103 Å². The van der Waals surface area contributed by atoms with Gasteiger partial charge in [-0.1, -0.05) is 138 Å². The van der Waals surface area contributed by atoms with Crippen molar-refractivity contribution in [3.05, 3.63) is 75.1 Å². The van der Waals surface area contributed by atoms with Crippen LogP contribution in [-0.2, 0) is 70.8 Å². The molecule has 0 aliphatic heterocycles. The number of Topliss-reactive ketones (excluding diaryl/α,β-unsaturated/α-hetero) is 1. The molecule has 95 heavy (non-hydrogen) atoms. The Kier molecular flexibility index (Phi) is 49.3. The molecule has 0 radical (unpaired) electrons. The number of ether oxygens (including phenoxy) is 2. The second-order valence-electron chi connectivity index (χ2n) is 30.3. The van der Waals surface area contributed by atoms with Crippen LogP contribution < -0.4 is 42.8 Å². The number of rotatable bonds is 26. The van der Waals surface area contributed by atoms with Crippen LogP contribution in [-0.4, -0.2) is 136 Å². The zero-order valence-electron chi connectivity index (χ0n) is 60.2. The minimum absolute atomic E-state index is 0. The summed E-state index contributed by atoms with van der Waals surface area (Å²) in [4.78, 5) is 63.2. The molecule has 12 N–H and O–H groups in total. The van der Waals surface area contributed by atoms with Gasteiger partial charge in [-0.15, -0.1) is 20.2 Å². The van der Waals surface area contributed by atoms with Crippen molar-refractivity contribution < 1.29 is 149 Å². The minimum Gasteiger partial charge on any atom is -0.870 e. The Morgan fingerprint density at radius 2 is 1.05 bits per heavy atom. The number of carboxylic acid groups (broad SMARTS) is 2. The number of nitrogens with two attached hydrogens (primary N) is 4. The van der Waals surface area contributed by atoms with E-state index < -0.39 is 22.1 Å². The van der Waals surface area contributed by atoms with Gasteiger partial charge in [0.25, 0.3) is 10.2 Å². The molecule has 8 aliphatic carbocycles. The molecular weight excluding hydrogens is 1570 g/mol. The molecule has 0 amide bonds. The van der Waals surface area contributed by atoms with Crippen LogP contribution in [0.4, 0.5) is 0 Å². The van der Waals surface area contributed by atoms with E-state index in [1.807, 2.05) is 6.29 Å². The molecule has 17 atom stereocenters. The fourth-order valence-corrected chi connectivity index (χ4v) is 19.8. The maximum absolute atomic E-state index is 11.4. The summed E-state index contributed by atoms with van der Waals surface area (Å²) in [6.45, 7) is 30.1. The first-order valence-corrected chi connectivity index (χ1v) is 33.3. The molecule has 548 valence electrons. The molecule has 7 unspecified atom stereocenters. The largest absolute Gasteiger partial charge is 2.00 e. The number of hydrogen-bond acceptors (Lipinski definition) is 13. The Morgan fingerprint density at radius 1 is 0.663 bits per heavy atom. The first kappa shape index (κ1) is 102. The number of aliphatic carboxylic acids is 2. The zero-order valence-corrected chi connectivity index (χ0v) is 64.7. The first-order chi connectivity index (χ1) is 40.3. The second kappa shape index (κ2) is 46.0. The van der Waals surface area contributed by atoms with Crippen molar-refractivity contribution in [3.8, 4) is 0 Å². The number of hydrogen-bond donors (Lipinski definition) is 3. The van der Waals surface area contributed by atoms with Gasteiger partial charge in [-0.25, -0.2) is 11.1 Å². The zero-order chi connectivity index (χ0) is 64.0. The van der Waals surface area contributed by atoms with Crippen LogP contribution in [0.25, 0.3) is 24.6 Å². The molecule has 0 spiro atoms. The molecular formula is C68H123Li2N8O15Pt2-. The summed E-state index contributed by atoms with van der Waals surface area (Å²) in [5.74, 6) is 7.79. The van der Waals surface area contributed by atoms with Crippen molar-refractivity contribution in [3.63, 3.8) is 0 Å². The molecule has 23 nitrogen and oxygen atoms in total. The molecule has 6 fully saturated rings. The number of likely N-dealkylation sites (N-methyl/N-ethyl adjacent to an activating group) is 1. The van der Waals surface area contributed by atoms with Crippen LogP contribution in [0.5, 0.6) is 0 Å². The van der Waals surface area contributed by atoms with Gasteiger partial charge >= 0.3 is 85.8 Å². The van der Waals surface area contributed by atoms with Crippen LogP contribution in [0, 0.1) is 120 Å². The molecule has 0 heterocycles. The van der Waals surface area contributed by atoms with Crippen molar-refractivity contribution >= 4 is 24.0 Å². The average molecular weight is 1700 g/mol. The summed E-state index contributed by atoms with van der Waals surface area (Å²) in [6, 6.07) is 0. The summed E-state index contributed by atoms with van der Waals surface area (Å²) in [6.07, 6.45) is 36.2. The van der Waals surface area contributed by atoms with E-state index in [4.69, 9.17) is 40.1 Å². The summed E-state index contributed by atoms with van der Waals surface area (Å²) in [5.41, 5.74) is 4.90. The Balaban J connectivity index is -0.000000470. The van der Waals surface area contributed by atoms with Crippen molar-refractivity contribution in [2.45, 2.75) is 223 Å². The molecule has 0 saturated heterocycles. The third-order valence-electron chi connectivity index (χ3n) is 24.0. The van der Waals surface area contributed by atoms with Crippen LogP contribution in [0.2, 0.25) is 0 Å². The van der Waals surface area contributed by atoms with E-state index in [1.54, 1.807) is 23.1 Å². The first-order valence-electron chi connectivity index (χ1n) is 33.3. The number of fused-ring (bicyclic) bond motifs is 10. The van der Waals surface area contributed by atoms with Gasteiger partial charge in [0.2, 0.25) is 0 Å². The van der Waals surface area contributed by atoms with E-state index in [0.29, 0.717) is 42.5 Å². The van der Waals surface area contributed by atoms with E-state index in [1.165, 1.54) is 109 Å². The summed E-state index contributed by atoms with van der Waals surface area (Å²) < 4.78 is 12.5. The third kappa shape index (κ3) is 27.8. The summed E-state index contributed by atoms with van der Waals surface area (Å²) in [7, 11) is 1.66. The van der Waals surface area contributed by atoms with Gasteiger partial charge in [-0.05, 0) is 195 Å². The predicted molar refractivity (Wildman–Crippen MR) is 352 cm³/mol. The van der Waals surface area contributed by atoms with Crippen molar-refractivity contribution in [2.24, 2.45) is 92.7 Å². The quantitative estimate of drug-likeness (QED) is 0.0182. The van der Waals surface area contributed by atoms with Gasteiger partial charge < -0.3 is 90.9 Å². The summed E-state index contributed by atoms with van der Waals surface area (Å²) >= 11 is 0. The van der Waals surface area contributed by atoms with Gasteiger partial charge in [0.1, 0.15) is 13.1 Å². The Bertz CT molecular complexity index is 2320. The Morgan fingerprint density at radius 3 is 1.40 bits per heavy atom. The predicted octanol–water partition coefficient (Wildman–Crippen LogP) is 8.92. The van der Waals surface area contributed by atoms with Gasteiger partial charge in [0.05, 0.1) is 38.4 Å². The number of carboxylic acids is 2. The molecule has 0 aromatic carbocycles. The van der Waals surface area contributed by atoms with Crippen molar-refractivity contribution in [1.82, 2.24) is 4.90 Å². The van der Waals surface area contributed by atoms with E-state index in [2.05, 4.69) is 88.3 Å². The number of carbonyl (C=O) groups excluding carboxylic acids is 3. The normalized spacial score (nSPS) is 31.3. The number of carbonyl (C=O) groups is 3. The molecule has 0 bridgehead atoms. The number of quaternary nitrogens is 1. The van der Waals surface area contributed by atoms with Gasteiger partial charge in [0, 0.05) is 18.9 Å². The van der Waals surface area contributed by atoms with Gasteiger partial charge in [-0.2, -0.15) is 0 Å². The van der Waals surface area contributed by atoms with Crippen LogP contribution in [0.3, 0.4) is 0 Å². The van der Waals surface area contributed by atoms with E-state index >= 15 is 0 Å². The minimum atomic E-state index is -1.50.